The highest BCUT2D eigenvalue weighted by atomic mass is 35.5. The first kappa shape index (κ1) is 16.1. The molecule has 25 heavy (non-hydrogen) atoms. The van der Waals surface area contributed by atoms with Gasteiger partial charge in [-0.3, -0.25) is 14.3 Å². The predicted molar refractivity (Wildman–Crippen MR) is 101 cm³/mol. The minimum absolute atomic E-state index is 0.327. The van der Waals surface area contributed by atoms with Crippen LogP contribution in [0.1, 0.15) is 0 Å². The molecule has 0 bridgehead atoms. The molecule has 0 amide bonds. The first-order valence-electron chi connectivity index (χ1n) is 7.19. The van der Waals surface area contributed by atoms with Gasteiger partial charge in [-0.2, -0.15) is 0 Å². The largest absolute Gasteiger partial charge is 0.340 e. The van der Waals surface area contributed by atoms with Crippen molar-refractivity contribution >= 4 is 44.8 Å². The fourth-order valence-electron chi connectivity index (χ4n) is 2.62. The van der Waals surface area contributed by atoms with Crippen LogP contribution in [0.15, 0.2) is 63.8 Å². The van der Waals surface area contributed by atoms with E-state index >= 15 is 0 Å². The molecule has 4 rings (SSSR count). The second kappa shape index (κ2) is 6.15. The molecule has 0 aliphatic rings. The highest BCUT2D eigenvalue weighted by Crippen LogP contribution is 2.26. The smallest absolute Gasteiger partial charge is 0.267 e. The molecule has 0 unspecified atom stereocenters. The number of thiophene rings is 1. The molecule has 0 fully saturated rings. The van der Waals surface area contributed by atoms with Gasteiger partial charge in [0.25, 0.3) is 5.56 Å². The number of hydrogen-bond acceptors (Lipinski definition) is 4. The van der Waals surface area contributed by atoms with Crippen molar-refractivity contribution in [2.45, 2.75) is 0 Å². The van der Waals surface area contributed by atoms with Gasteiger partial charge in [-0.1, -0.05) is 23.2 Å². The summed E-state index contributed by atoms with van der Waals surface area (Å²) in [4.78, 5) is 29.9. The van der Waals surface area contributed by atoms with E-state index in [9.17, 15) is 9.59 Å². The van der Waals surface area contributed by atoms with Crippen molar-refractivity contribution in [2.24, 2.45) is 0 Å². The molecule has 3 aromatic heterocycles. The molecule has 0 saturated heterocycles. The van der Waals surface area contributed by atoms with Crippen LogP contribution in [-0.2, 0) is 0 Å². The second-order valence-corrected chi connectivity index (χ2v) is 6.93. The Labute approximate surface area is 155 Å². The van der Waals surface area contributed by atoms with E-state index in [0.29, 0.717) is 31.6 Å². The molecule has 4 aromatic rings. The van der Waals surface area contributed by atoms with E-state index in [-0.39, 0.29) is 5.56 Å². The van der Waals surface area contributed by atoms with Crippen LogP contribution in [0, 0.1) is 0 Å². The molecule has 0 saturated carbocycles. The first-order valence-corrected chi connectivity index (χ1v) is 8.82. The third-order valence-corrected chi connectivity index (χ3v) is 5.36. The van der Waals surface area contributed by atoms with Gasteiger partial charge in [-0.05, 0) is 41.8 Å². The highest BCUT2D eigenvalue weighted by Gasteiger charge is 2.17. The summed E-state index contributed by atoms with van der Waals surface area (Å²) in [6, 6.07) is 9.96. The van der Waals surface area contributed by atoms with Gasteiger partial charge in [-0.15, -0.1) is 11.3 Å². The van der Waals surface area contributed by atoms with Gasteiger partial charge in [0, 0.05) is 6.20 Å². The summed E-state index contributed by atoms with van der Waals surface area (Å²) in [6.45, 7) is 0. The summed E-state index contributed by atoms with van der Waals surface area (Å²) in [6.07, 6.45) is 3.05. The molecule has 5 nitrogen and oxygen atoms in total. The first-order chi connectivity index (χ1) is 12.1. The Kier molecular flexibility index (Phi) is 3.95. The Hall–Kier alpha value is -2.41. The topological polar surface area (TPSA) is 56.9 Å². The fraction of sp³-hybridized carbons (Fsp3) is 0. The van der Waals surface area contributed by atoms with E-state index in [1.54, 1.807) is 48.0 Å². The molecule has 8 heteroatoms. The number of halogens is 2. The zero-order valence-corrected chi connectivity index (χ0v) is 14.8. The van der Waals surface area contributed by atoms with E-state index in [1.165, 1.54) is 22.1 Å². The van der Waals surface area contributed by atoms with Crippen molar-refractivity contribution in [1.82, 2.24) is 14.1 Å². The molecule has 0 radical (unpaired) electrons. The lowest BCUT2D eigenvalue weighted by atomic mass is 10.3. The van der Waals surface area contributed by atoms with Crippen molar-refractivity contribution in [3.8, 4) is 11.4 Å². The molecule has 124 valence electrons. The number of hydrogen-bond donors (Lipinski definition) is 0. The lowest BCUT2D eigenvalue weighted by Crippen LogP contribution is -2.37. The third kappa shape index (κ3) is 2.59. The van der Waals surface area contributed by atoms with Crippen molar-refractivity contribution < 1.29 is 0 Å². The van der Waals surface area contributed by atoms with Crippen LogP contribution in [0.5, 0.6) is 0 Å². The SMILES string of the molecule is O=c1c2sccc2n(-c2ccc(Cl)c(Cl)c2)c(=O)n1-c1cccnc1. The van der Waals surface area contributed by atoms with E-state index in [4.69, 9.17) is 23.2 Å². The standard InChI is InChI=1S/C17H9Cl2N3O2S/c18-12-4-3-10(8-13(12)19)21-14-5-7-25-15(14)16(23)22(17(21)24)11-2-1-6-20-9-11/h1-9H. The summed E-state index contributed by atoms with van der Waals surface area (Å²) in [5.41, 5.74) is 0.585. The lowest BCUT2D eigenvalue weighted by Gasteiger charge is -2.12. The van der Waals surface area contributed by atoms with Crippen LogP contribution >= 0.6 is 34.5 Å². The van der Waals surface area contributed by atoms with Crippen LogP contribution in [-0.4, -0.2) is 14.1 Å². The number of benzene rings is 1. The maximum Gasteiger partial charge on any atom is 0.340 e. The molecule has 0 spiro atoms. The quantitative estimate of drug-likeness (QED) is 0.522. The number of nitrogens with zero attached hydrogens (tertiary/aromatic N) is 3. The van der Waals surface area contributed by atoms with Gasteiger partial charge in [0.1, 0.15) is 4.70 Å². The fourth-order valence-corrected chi connectivity index (χ4v) is 3.71. The zero-order chi connectivity index (χ0) is 17.6. The number of fused-ring (bicyclic) bond motifs is 1. The van der Waals surface area contributed by atoms with Gasteiger partial charge in [0.05, 0.1) is 33.1 Å². The van der Waals surface area contributed by atoms with Crippen LogP contribution in [0.3, 0.4) is 0 Å². The van der Waals surface area contributed by atoms with Crippen LogP contribution in [0.4, 0.5) is 0 Å². The summed E-state index contributed by atoms with van der Waals surface area (Å²) in [5.74, 6) is 0. The van der Waals surface area contributed by atoms with Crippen LogP contribution in [0.2, 0.25) is 10.0 Å². The predicted octanol–water partition coefficient (Wildman–Crippen LogP) is 3.90. The normalized spacial score (nSPS) is 11.1. The molecule has 0 atom stereocenters. The summed E-state index contributed by atoms with van der Waals surface area (Å²) in [7, 11) is 0. The Bertz CT molecular complexity index is 1210. The van der Waals surface area contributed by atoms with E-state index in [1.807, 2.05) is 0 Å². The minimum atomic E-state index is -0.498. The van der Waals surface area contributed by atoms with Crippen molar-refractivity contribution in [3.05, 3.63) is 85.1 Å². The van der Waals surface area contributed by atoms with Crippen LogP contribution < -0.4 is 11.2 Å². The van der Waals surface area contributed by atoms with E-state index in [0.717, 1.165) is 4.57 Å². The van der Waals surface area contributed by atoms with E-state index in [2.05, 4.69) is 4.98 Å². The van der Waals surface area contributed by atoms with E-state index < -0.39 is 5.69 Å². The Morgan fingerprint density at radius 2 is 1.80 bits per heavy atom. The average Bonchev–Trinajstić information content (AvgIpc) is 3.09. The molecular formula is C17H9Cl2N3O2S. The highest BCUT2D eigenvalue weighted by molar-refractivity contribution is 7.17. The minimum Gasteiger partial charge on any atom is -0.267 e. The van der Waals surface area contributed by atoms with Crippen LogP contribution in [0.25, 0.3) is 21.6 Å². The summed E-state index contributed by atoms with van der Waals surface area (Å²) >= 11 is 13.4. The van der Waals surface area contributed by atoms with Crippen molar-refractivity contribution in [1.29, 1.82) is 0 Å². The van der Waals surface area contributed by atoms with Crippen molar-refractivity contribution in [3.63, 3.8) is 0 Å². The van der Waals surface area contributed by atoms with Crippen molar-refractivity contribution in [2.75, 3.05) is 0 Å². The molecule has 0 aliphatic carbocycles. The third-order valence-electron chi connectivity index (χ3n) is 3.73. The molecular weight excluding hydrogens is 381 g/mol. The van der Waals surface area contributed by atoms with Gasteiger partial charge in [0.2, 0.25) is 0 Å². The monoisotopic (exact) mass is 389 g/mol. The molecule has 0 N–H and O–H groups in total. The molecule has 1 aromatic carbocycles. The lowest BCUT2D eigenvalue weighted by molar-refractivity contribution is 0.834. The van der Waals surface area contributed by atoms with Gasteiger partial charge >= 0.3 is 5.69 Å². The molecule has 0 aliphatic heterocycles. The molecule has 3 heterocycles. The Balaban J connectivity index is 2.15. The van der Waals surface area contributed by atoms with Gasteiger partial charge < -0.3 is 0 Å². The second-order valence-electron chi connectivity index (χ2n) is 5.20. The zero-order valence-electron chi connectivity index (χ0n) is 12.5. The maximum absolute atomic E-state index is 13.1. The maximum atomic E-state index is 13.1. The number of pyridine rings is 1. The Morgan fingerprint density at radius 1 is 0.960 bits per heavy atom. The average molecular weight is 390 g/mol. The summed E-state index contributed by atoms with van der Waals surface area (Å²) in [5, 5.41) is 2.49. The Morgan fingerprint density at radius 3 is 2.52 bits per heavy atom. The summed E-state index contributed by atoms with van der Waals surface area (Å²) < 4.78 is 3.02. The number of aromatic nitrogens is 3. The van der Waals surface area contributed by atoms with Gasteiger partial charge in [0.15, 0.2) is 0 Å². The number of rotatable bonds is 2. The van der Waals surface area contributed by atoms with Gasteiger partial charge in [-0.25, -0.2) is 9.36 Å².